The van der Waals surface area contributed by atoms with Crippen molar-refractivity contribution in [1.82, 2.24) is 5.32 Å². The zero-order valence-electron chi connectivity index (χ0n) is 7.80. The number of carbonyl (C=O) groups excluding carboxylic acids is 1. The molecule has 1 aromatic rings. The van der Waals surface area contributed by atoms with E-state index in [1.54, 1.807) is 6.07 Å². The molecule has 1 amide bonds. The van der Waals surface area contributed by atoms with E-state index in [4.69, 9.17) is 4.74 Å². The molecular weight excluding hydrogens is 312 g/mol. The molecule has 0 aromatic heterocycles. The van der Waals surface area contributed by atoms with Crippen molar-refractivity contribution in [2.75, 3.05) is 13.2 Å². The average Bonchev–Trinajstić information content (AvgIpc) is 2.23. The average molecular weight is 321 g/mol. The molecule has 0 aliphatic carbocycles. The topological polar surface area (TPSA) is 38.3 Å². The maximum absolute atomic E-state index is 13.0. The zero-order chi connectivity index (χ0) is 10.8. The van der Waals surface area contributed by atoms with Crippen LogP contribution in [-0.2, 0) is 9.53 Å². The molecule has 2 rings (SSSR count). The number of amides is 1. The fourth-order valence-corrected chi connectivity index (χ4v) is 2.14. The second-order valence-corrected chi connectivity index (χ2v) is 4.43. The van der Waals surface area contributed by atoms with E-state index in [1.807, 2.05) is 0 Å². The first-order valence-corrected chi connectivity index (χ1v) is 5.58. The van der Waals surface area contributed by atoms with Crippen LogP contribution in [0.15, 0.2) is 18.2 Å². The van der Waals surface area contributed by atoms with Crippen molar-refractivity contribution in [2.24, 2.45) is 0 Å². The van der Waals surface area contributed by atoms with Gasteiger partial charge in [0.25, 0.3) is 0 Å². The minimum absolute atomic E-state index is 0.0389. The van der Waals surface area contributed by atoms with E-state index >= 15 is 0 Å². The normalized spacial score (nSPS) is 21.2. The fraction of sp³-hybridized carbons (Fsp3) is 0.300. The Morgan fingerprint density at radius 2 is 2.33 bits per heavy atom. The Hall–Kier alpha value is -0.690. The van der Waals surface area contributed by atoms with Crippen LogP contribution in [0.3, 0.4) is 0 Å². The van der Waals surface area contributed by atoms with Gasteiger partial charge in [-0.1, -0.05) is 0 Å². The van der Waals surface area contributed by atoms with E-state index in [0.717, 1.165) is 9.13 Å². The van der Waals surface area contributed by atoms with Gasteiger partial charge in [-0.2, -0.15) is 0 Å². The van der Waals surface area contributed by atoms with Gasteiger partial charge in [0.05, 0.1) is 0 Å². The molecule has 3 nitrogen and oxygen atoms in total. The van der Waals surface area contributed by atoms with Crippen LogP contribution in [0.1, 0.15) is 11.7 Å². The van der Waals surface area contributed by atoms with E-state index in [2.05, 4.69) is 27.9 Å². The van der Waals surface area contributed by atoms with Crippen LogP contribution in [0.5, 0.6) is 0 Å². The minimum Gasteiger partial charge on any atom is -0.362 e. The summed E-state index contributed by atoms with van der Waals surface area (Å²) < 4.78 is 19.3. The molecule has 1 saturated heterocycles. The lowest BCUT2D eigenvalue weighted by atomic mass is 10.1. The monoisotopic (exact) mass is 321 g/mol. The number of nitrogens with one attached hydrogen (secondary N) is 1. The Labute approximate surface area is 100 Å². The summed E-state index contributed by atoms with van der Waals surface area (Å²) >= 11 is 2.13. The number of ether oxygens (including phenoxy) is 1. The van der Waals surface area contributed by atoms with Gasteiger partial charge in [-0.05, 0) is 46.4 Å². The van der Waals surface area contributed by atoms with Crippen molar-refractivity contribution in [3.8, 4) is 0 Å². The van der Waals surface area contributed by atoms with Crippen LogP contribution in [0.25, 0.3) is 0 Å². The summed E-state index contributed by atoms with van der Waals surface area (Å²) in [6.07, 6.45) is -0.245. The summed E-state index contributed by atoms with van der Waals surface area (Å²) in [5.41, 5.74) is 0.788. The molecule has 0 bridgehead atoms. The number of morpholine rings is 1. The molecule has 1 atom stereocenters. The van der Waals surface area contributed by atoms with Crippen molar-refractivity contribution in [1.29, 1.82) is 0 Å². The summed E-state index contributed by atoms with van der Waals surface area (Å²) in [4.78, 5) is 10.9. The van der Waals surface area contributed by atoms with Gasteiger partial charge in [0, 0.05) is 10.1 Å². The minimum atomic E-state index is -0.286. The Balaban J connectivity index is 2.21. The maximum Gasteiger partial charge on any atom is 0.246 e. The Morgan fingerprint density at radius 3 is 3.00 bits per heavy atom. The van der Waals surface area contributed by atoms with Crippen molar-refractivity contribution in [2.45, 2.75) is 6.10 Å². The van der Waals surface area contributed by atoms with Crippen LogP contribution in [0.2, 0.25) is 0 Å². The van der Waals surface area contributed by atoms with Crippen LogP contribution in [0.4, 0.5) is 4.39 Å². The standard InChI is InChI=1S/C10H9FINO2/c11-6-1-2-8(12)7(3-6)9-4-13-10(14)5-15-9/h1-3,9H,4-5H2,(H,13,14)/t9-/m1/s1. The van der Waals surface area contributed by atoms with Crippen molar-refractivity contribution in [3.63, 3.8) is 0 Å². The second kappa shape index (κ2) is 4.44. The molecule has 0 spiro atoms. The quantitative estimate of drug-likeness (QED) is 0.799. The molecule has 1 aliphatic heterocycles. The van der Waals surface area contributed by atoms with Crippen LogP contribution in [-0.4, -0.2) is 19.1 Å². The van der Waals surface area contributed by atoms with Gasteiger partial charge in [0.15, 0.2) is 0 Å². The first-order chi connectivity index (χ1) is 7.16. The molecule has 5 heteroatoms. The smallest absolute Gasteiger partial charge is 0.246 e. The maximum atomic E-state index is 13.0. The lowest BCUT2D eigenvalue weighted by molar-refractivity contribution is -0.133. The number of hydrogen-bond acceptors (Lipinski definition) is 2. The van der Waals surface area contributed by atoms with E-state index in [0.29, 0.717) is 6.54 Å². The Kier molecular flexibility index (Phi) is 3.20. The third-order valence-electron chi connectivity index (χ3n) is 2.21. The van der Waals surface area contributed by atoms with Gasteiger partial charge < -0.3 is 10.1 Å². The first kappa shape index (κ1) is 10.8. The molecule has 15 heavy (non-hydrogen) atoms. The van der Waals surface area contributed by atoms with Crippen LogP contribution in [0, 0.1) is 9.39 Å². The Bertz CT molecular complexity index is 387. The number of carbonyl (C=O) groups is 1. The summed E-state index contributed by atoms with van der Waals surface area (Å²) in [6.45, 7) is 0.440. The number of hydrogen-bond donors (Lipinski definition) is 1. The van der Waals surface area contributed by atoms with Crippen LogP contribution < -0.4 is 5.32 Å². The van der Waals surface area contributed by atoms with E-state index in [-0.39, 0.29) is 24.4 Å². The molecule has 1 heterocycles. The van der Waals surface area contributed by atoms with E-state index < -0.39 is 0 Å². The zero-order valence-corrected chi connectivity index (χ0v) is 9.95. The predicted octanol–water partition coefficient (Wildman–Crippen LogP) is 1.62. The molecule has 0 saturated carbocycles. The molecule has 0 unspecified atom stereocenters. The molecule has 1 N–H and O–H groups in total. The van der Waals surface area contributed by atoms with Gasteiger partial charge in [0.2, 0.25) is 5.91 Å². The van der Waals surface area contributed by atoms with E-state index in [1.165, 1.54) is 12.1 Å². The summed E-state index contributed by atoms with van der Waals surface area (Å²) in [6, 6.07) is 4.56. The van der Waals surface area contributed by atoms with Gasteiger partial charge in [0.1, 0.15) is 18.5 Å². The number of rotatable bonds is 1. The van der Waals surface area contributed by atoms with Crippen molar-refractivity contribution < 1.29 is 13.9 Å². The molecule has 1 fully saturated rings. The predicted molar refractivity (Wildman–Crippen MR) is 60.8 cm³/mol. The third kappa shape index (κ3) is 2.46. The van der Waals surface area contributed by atoms with Gasteiger partial charge >= 0.3 is 0 Å². The lowest BCUT2D eigenvalue weighted by Crippen LogP contribution is -2.38. The summed E-state index contributed by atoms with van der Waals surface area (Å²) in [5.74, 6) is -0.413. The van der Waals surface area contributed by atoms with Gasteiger partial charge in [-0.15, -0.1) is 0 Å². The first-order valence-electron chi connectivity index (χ1n) is 4.50. The van der Waals surface area contributed by atoms with Gasteiger partial charge in [-0.25, -0.2) is 4.39 Å². The van der Waals surface area contributed by atoms with Gasteiger partial charge in [-0.3, -0.25) is 4.79 Å². The highest BCUT2D eigenvalue weighted by Gasteiger charge is 2.22. The fourth-order valence-electron chi connectivity index (χ4n) is 1.45. The lowest BCUT2D eigenvalue weighted by Gasteiger charge is -2.24. The molecule has 80 valence electrons. The highest BCUT2D eigenvalue weighted by molar-refractivity contribution is 14.1. The van der Waals surface area contributed by atoms with Crippen molar-refractivity contribution >= 4 is 28.5 Å². The number of halogens is 2. The SMILES string of the molecule is O=C1CO[C@@H](c2cc(F)ccc2I)CN1. The third-order valence-corrected chi connectivity index (χ3v) is 3.19. The van der Waals surface area contributed by atoms with Crippen LogP contribution >= 0.6 is 22.6 Å². The van der Waals surface area contributed by atoms with Crippen molar-refractivity contribution in [3.05, 3.63) is 33.1 Å². The molecular formula is C10H9FINO2. The highest BCUT2D eigenvalue weighted by Crippen LogP contribution is 2.24. The second-order valence-electron chi connectivity index (χ2n) is 3.27. The summed E-state index contributed by atoms with van der Waals surface area (Å²) in [5, 5.41) is 2.69. The Morgan fingerprint density at radius 1 is 1.53 bits per heavy atom. The summed E-state index contributed by atoms with van der Waals surface area (Å²) in [7, 11) is 0. The molecule has 1 aliphatic rings. The largest absolute Gasteiger partial charge is 0.362 e. The highest BCUT2D eigenvalue weighted by atomic mass is 127. The molecule has 1 aromatic carbocycles. The van der Waals surface area contributed by atoms with E-state index in [9.17, 15) is 9.18 Å². The molecule has 0 radical (unpaired) electrons. The number of benzene rings is 1.